The first kappa shape index (κ1) is 19.4. The van der Waals surface area contributed by atoms with Crippen molar-refractivity contribution in [3.05, 3.63) is 53.1 Å². The third-order valence-corrected chi connectivity index (χ3v) is 5.20. The van der Waals surface area contributed by atoms with Crippen LogP contribution in [0.25, 0.3) is 0 Å². The van der Waals surface area contributed by atoms with Crippen LogP contribution in [0.4, 0.5) is 19.1 Å². The highest BCUT2D eigenvalue weighted by Crippen LogP contribution is 2.52. The second kappa shape index (κ2) is 7.13. The van der Waals surface area contributed by atoms with E-state index in [4.69, 9.17) is 0 Å². The molecule has 1 aromatic carbocycles. The van der Waals surface area contributed by atoms with Crippen LogP contribution in [0.1, 0.15) is 48.1 Å². The number of aromatic nitrogens is 2. The highest BCUT2D eigenvalue weighted by Gasteiger charge is 2.47. The predicted octanol–water partition coefficient (Wildman–Crippen LogP) is 3.36. The fourth-order valence-corrected chi connectivity index (χ4v) is 3.26. The van der Waals surface area contributed by atoms with Crippen molar-refractivity contribution in [2.24, 2.45) is 0 Å². The summed E-state index contributed by atoms with van der Waals surface area (Å²) in [4.78, 5) is 33.4. The zero-order valence-electron chi connectivity index (χ0n) is 15.7. The number of nitrogens with zero attached hydrogens (tertiary/aromatic N) is 3. The standard InChI is InChI=1S/C20H19F3N4O2.H2/c1-27(10-17(28)26-19-24-8-12(21)9-25-19)18(29)13-3-2-11(20(23)4-5-20)6-14(13)15-7-16(15)22;/h2-3,6,8-9,15-16H,4-5,7,10H2,1H3,(H,24,25,26,28);1H/t15-,16-;/m0./s1. The topological polar surface area (TPSA) is 75.2 Å². The van der Waals surface area contributed by atoms with Crippen LogP contribution in [0.2, 0.25) is 0 Å². The summed E-state index contributed by atoms with van der Waals surface area (Å²) in [6.45, 7) is -0.308. The van der Waals surface area contributed by atoms with Gasteiger partial charge >= 0.3 is 0 Å². The highest BCUT2D eigenvalue weighted by molar-refractivity contribution is 6.00. The lowest BCUT2D eigenvalue weighted by Gasteiger charge is -2.19. The Morgan fingerprint density at radius 2 is 1.97 bits per heavy atom. The van der Waals surface area contributed by atoms with Gasteiger partial charge in [0.05, 0.1) is 18.9 Å². The Balaban J connectivity index is 0.00000256. The summed E-state index contributed by atoms with van der Waals surface area (Å²) >= 11 is 0. The van der Waals surface area contributed by atoms with E-state index in [2.05, 4.69) is 15.3 Å². The van der Waals surface area contributed by atoms with E-state index in [1.807, 2.05) is 0 Å². The normalized spacial score (nSPS) is 21.4. The molecule has 4 rings (SSSR count). The van der Waals surface area contributed by atoms with Crippen LogP contribution in [0.3, 0.4) is 0 Å². The molecular formula is C20H21F3N4O2. The van der Waals surface area contributed by atoms with Crippen molar-refractivity contribution >= 4 is 17.8 Å². The summed E-state index contributed by atoms with van der Waals surface area (Å²) in [6, 6.07) is 4.65. The third-order valence-electron chi connectivity index (χ3n) is 5.20. The fourth-order valence-electron chi connectivity index (χ4n) is 3.26. The minimum Gasteiger partial charge on any atom is -0.332 e. The molecule has 9 heteroatoms. The molecule has 0 radical (unpaired) electrons. The number of benzene rings is 1. The number of alkyl halides is 2. The third kappa shape index (κ3) is 4.08. The number of carbonyl (C=O) groups excluding carboxylic acids is 2. The largest absolute Gasteiger partial charge is 0.332 e. The van der Waals surface area contributed by atoms with Gasteiger partial charge in [0.1, 0.15) is 11.8 Å². The lowest BCUT2D eigenvalue weighted by Crippen LogP contribution is -2.35. The van der Waals surface area contributed by atoms with Crippen molar-refractivity contribution < 1.29 is 24.2 Å². The molecular weight excluding hydrogens is 385 g/mol. The first-order valence-corrected chi connectivity index (χ1v) is 9.27. The Kier molecular flexibility index (Phi) is 4.76. The number of amides is 2. The van der Waals surface area contributed by atoms with Gasteiger partial charge in [-0.15, -0.1) is 0 Å². The average Bonchev–Trinajstić information content (AvgIpc) is 3.61. The van der Waals surface area contributed by atoms with E-state index in [1.165, 1.54) is 18.0 Å². The van der Waals surface area contributed by atoms with E-state index < -0.39 is 35.4 Å². The minimum atomic E-state index is -1.38. The number of hydrogen-bond acceptors (Lipinski definition) is 4. The van der Waals surface area contributed by atoms with Crippen molar-refractivity contribution in [2.45, 2.75) is 37.0 Å². The molecule has 2 amide bonds. The number of halogens is 3. The summed E-state index contributed by atoms with van der Waals surface area (Å²) in [6.07, 6.45) is 1.92. The molecule has 2 aromatic rings. The van der Waals surface area contributed by atoms with Gasteiger partial charge in [-0.2, -0.15) is 0 Å². The van der Waals surface area contributed by atoms with E-state index in [1.54, 1.807) is 12.1 Å². The molecule has 2 fully saturated rings. The van der Waals surface area contributed by atoms with Gasteiger partial charge in [0, 0.05) is 20.0 Å². The molecule has 1 heterocycles. The molecule has 29 heavy (non-hydrogen) atoms. The number of rotatable bonds is 6. The first-order chi connectivity index (χ1) is 13.8. The second-order valence-corrected chi connectivity index (χ2v) is 7.56. The molecule has 154 valence electrons. The summed E-state index contributed by atoms with van der Waals surface area (Å²) in [5.41, 5.74) is -0.163. The maximum absolute atomic E-state index is 14.4. The zero-order valence-corrected chi connectivity index (χ0v) is 15.7. The lowest BCUT2D eigenvalue weighted by atomic mass is 9.96. The number of likely N-dealkylation sites (N-methyl/N-ethyl adjacent to an activating group) is 1. The second-order valence-electron chi connectivity index (χ2n) is 7.56. The number of nitrogens with one attached hydrogen (secondary N) is 1. The van der Waals surface area contributed by atoms with E-state index in [0.29, 0.717) is 30.4 Å². The van der Waals surface area contributed by atoms with Crippen LogP contribution < -0.4 is 5.32 Å². The van der Waals surface area contributed by atoms with E-state index in [-0.39, 0.29) is 19.5 Å². The molecule has 6 nitrogen and oxygen atoms in total. The molecule has 0 bridgehead atoms. The molecule has 0 saturated heterocycles. The van der Waals surface area contributed by atoms with Gasteiger partial charge in [0.15, 0.2) is 5.82 Å². The predicted molar refractivity (Wildman–Crippen MR) is 100 cm³/mol. The average molecular weight is 406 g/mol. The summed E-state index contributed by atoms with van der Waals surface area (Å²) < 4.78 is 40.9. The van der Waals surface area contributed by atoms with Crippen LogP contribution >= 0.6 is 0 Å². The summed E-state index contributed by atoms with van der Waals surface area (Å²) in [5, 5.41) is 2.37. The quantitative estimate of drug-likeness (QED) is 0.798. The SMILES string of the molecule is CN(CC(=O)Nc1ncc(F)cn1)C(=O)c1ccc(C2(F)CC2)cc1[C@@H]1C[C@@H]1F.[HH]. The van der Waals surface area contributed by atoms with E-state index >= 15 is 0 Å². The molecule has 1 N–H and O–H groups in total. The van der Waals surface area contributed by atoms with Crippen LogP contribution in [0, 0.1) is 5.82 Å². The Labute approximate surface area is 166 Å². The van der Waals surface area contributed by atoms with Gasteiger partial charge in [-0.25, -0.2) is 23.1 Å². The first-order valence-electron chi connectivity index (χ1n) is 9.27. The zero-order chi connectivity index (χ0) is 20.8. The Morgan fingerprint density at radius 1 is 1.31 bits per heavy atom. The highest BCUT2D eigenvalue weighted by atomic mass is 19.1. The Bertz CT molecular complexity index is 969. The number of carbonyl (C=O) groups is 2. The van der Waals surface area contributed by atoms with Crippen molar-refractivity contribution in [3.8, 4) is 0 Å². The van der Waals surface area contributed by atoms with Crippen LogP contribution in [0.5, 0.6) is 0 Å². The molecule has 2 aliphatic carbocycles. The van der Waals surface area contributed by atoms with Crippen LogP contribution in [-0.2, 0) is 10.5 Å². The number of anilines is 1. The smallest absolute Gasteiger partial charge is 0.254 e. The maximum atomic E-state index is 14.4. The van der Waals surface area contributed by atoms with Gasteiger partial charge < -0.3 is 4.90 Å². The lowest BCUT2D eigenvalue weighted by molar-refractivity contribution is -0.116. The molecule has 2 saturated carbocycles. The van der Waals surface area contributed by atoms with Crippen molar-refractivity contribution in [1.82, 2.24) is 14.9 Å². The summed E-state index contributed by atoms with van der Waals surface area (Å²) in [7, 11) is 1.43. The van der Waals surface area contributed by atoms with E-state index in [9.17, 15) is 22.8 Å². The Hall–Kier alpha value is -2.97. The van der Waals surface area contributed by atoms with Crippen LogP contribution in [-0.4, -0.2) is 46.4 Å². The van der Waals surface area contributed by atoms with Crippen molar-refractivity contribution in [3.63, 3.8) is 0 Å². The summed E-state index contributed by atoms with van der Waals surface area (Å²) in [5.74, 6) is -2.19. The van der Waals surface area contributed by atoms with Crippen molar-refractivity contribution in [1.29, 1.82) is 0 Å². The number of hydrogen-bond donors (Lipinski definition) is 1. The molecule has 1 aromatic heterocycles. The van der Waals surface area contributed by atoms with Gasteiger partial charge in [-0.05, 0) is 36.5 Å². The van der Waals surface area contributed by atoms with Crippen LogP contribution in [0.15, 0.2) is 30.6 Å². The van der Waals surface area contributed by atoms with Gasteiger partial charge in [0.25, 0.3) is 5.91 Å². The molecule has 0 aliphatic heterocycles. The van der Waals surface area contributed by atoms with E-state index in [0.717, 1.165) is 12.4 Å². The molecule has 2 atom stereocenters. The van der Waals surface area contributed by atoms with Gasteiger partial charge in [-0.3, -0.25) is 14.9 Å². The van der Waals surface area contributed by atoms with Crippen molar-refractivity contribution in [2.75, 3.05) is 18.9 Å². The monoisotopic (exact) mass is 406 g/mol. The van der Waals surface area contributed by atoms with Gasteiger partial charge in [0.2, 0.25) is 11.9 Å². The molecule has 0 spiro atoms. The molecule has 2 aliphatic rings. The molecule has 0 unspecified atom stereocenters. The van der Waals surface area contributed by atoms with Gasteiger partial charge in [-0.1, -0.05) is 12.1 Å². The Morgan fingerprint density at radius 3 is 2.55 bits per heavy atom. The minimum absolute atomic E-state index is 0. The maximum Gasteiger partial charge on any atom is 0.254 e. The fraction of sp³-hybridized carbons (Fsp3) is 0.400.